The largest absolute Gasteiger partial charge is 0.492 e. The quantitative estimate of drug-likeness (QED) is 0.623. The van der Waals surface area contributed by atoms with Gasteiger partial charge in [0.05, 0.1) is 25.1 Å². The normalized spacial score (nSPS) is 14.8. The lowest BCUT2D eigenvalue weighted by Gasteiger charge is -2.14. The maximum Gasteiger partial charge on any atom is 0.343 e. The molecule has 3 heterocycles. The summed E-state index contributed by atoms with van der Waals surface area (Å²) in [6.07, 6.45) is 3.66. The highest BCUT2D eigenvalue weighted by molar-refractivity contribution is 6.05. The SMILES string of the molecule is CCOC(=O)c1cnn2c(C(=O)Nc3cc4c(cc3OCC)C[C@H](C)O4)ccnc12. The summed E-state index contributed by atoms with van der Waals surface area (Å²) in [5, 5.41) is 7.01. The Morgan fingerprint density at radius 2 is 2.13 bits per heavy atom. The van der Waals surface area contributed by atoms with E-state index in [2.05, 4.69) is 15.4 Å². The van der Waals surface area contributed by atoms with Crippen molar-refractivity contribution in [3.8, 4) is 11.5 Å². The van der Waals surface area contributed by atoms with Crippen LogP contribution in [0.1, 0.15) is 47.2 Å². The lowest BCUT2D eigenvalue weighted by Crippen LogP contribution is -2.18. The molecular weight excluding hydrogens is 388 g/mol. The van der Waals surface area contributed by atoms with Gasteiger partial charge >= 0.3 is 5.97 Å². The van der Waals surface area contributed by atoms with Gasteiger partial charge in [-0.15, -0.1) is 0 Å². The van der Waals surface area contributed by atoms with Crippen LogP contribution in [-0.4, -0.2) is 45.8 Å². The third-order valence-corrected chi connectivity index (χ3v) is 4.68. The fraction of sp³-hybridized carbons (Fsp3) is 0.333. The molecule has 4 rings (SSSR count). The zero-order valence-corrected chi connectivity index (χ0v) is 17.0. The molecule has 9 heteroatoms. The molecule has 0 saturated heterocycles. The summed E-state index contributed by atoms with van der Waals surface area (Å²) in [6.45, 7) is 6.28. The zero-order valence-electron chi connectivity index (χ0n) is 17.0. The minimum Gasteiger partial charge on any atom is -0.492 e. The minimum atomic E-state index is -0.541. The Balaban J connectivity index is 1.67. The molecule has 0 saturated carbocycles. The van der Waals surface area contributed by atoms with E-state index in [0.717, 1.165) is 17.7 Å². The molecule has 0 radical (unpaired) electrons. The molecule has 0 bridgehead atoms. The van der Waals surface area contributed by atoms with Crippen molar-refractivity contribution in [2.75, 3.05) is 18.5 Å². The predicted molar refractivity (Wildman–Crippen MR) is 108 cm³/mol. The summed E-state index contributed by atoms with van der Waals surface area (Å²) < 4.78 is 17.9. The molecule has 3 aromatic rings. The molecule has 1 aromatic carbocycles. The molecular formula is C21H22N4O5. The number of carbonyl (C=O) groups excluding carboxylic acids is 2. The lowest BCUT2D eigenvalue weighted by molar-refractivity contribution is 0.0528. The van der Waals surface area contributed by atoms with Gasteiger partial charge in [-0.2, -0.15) is 5.10 Å². The highest BCUT2D eigenvalue weighted by Crippen LogP contribution is 2.38. The lowest BCUT2D eigenvalue weighted by atomic mass is 10.1. The first-order chi connectivity index (χ1) is 14.5. The number of nitrogens with one attached hydrogen (secondary N) is 1. The Bertz CT molecular complexity index is 1120. The first-order valence-corrected chi connectivity index (χ1v) is 9.79. The maximum absolute atomic E-state index is 13.0. The van der Waals surface area contributed by atoms with Crippen LogP contribution >= 0.6 is 0 Å². The number of rotatable bonds is 6. The van der Waals surface area contributed by atoms with Crippen molar-refractivity contribution in [1.29, 1.82) is 0 Å². The topological polar surface area (TPSA) is 104 Å². The van der Waals surface area contributed by atoms with Crippen LogP contribution in [0.25, 0.3) is 5.65 Å². The molecule has 156 valence electrons. The van der Waals surface area contributed by atoms with Crippen LogP contribution in [-0.2, 0) is 11.2 Å². The van der Waals surface area contributed by atoms with E-state index in [4.69, 9.17) is 14.2 Å². The van der Waals surface area contributed by atoms with Crippen LogP contribution in [0.2, 0.25) is 0 Å². The summed E-state index contributed by atoms with van der Waals surface area (Å²) in [5.74, 6) is 0.332. The fourth-order valence-electron chi connectivity index (χ4n) is 3.41. The second-order valence-corrected chi connectivity index (χ2v) is 6.82. The van der Waals surface area contributed by atoms with Crippen LogP contribution in [0.15, 0.2) is 30.6 Å². The fourth-order valence-corrected chi connectivity index (χ4v) is 3.41. The number of ether oxygens (including phenoxy) is 3. The van der Waals surface area contributed by atoms with Gasteiger partial charge in [-0.25, -0.2) is 14.3 Å². The van der Waals surface area contributed by atoms with Gasteiger partial charge in [-0.05, 0) is 32.9 Å². The van der Waals surface area contributed by atoms with Crippen molar-refractivity contribution in [3.63, 3.8) is 0 Å². The van der Waals surface area contributed by atoms with Crippen LogP contribution in [0.3, 0.4) is 0 Å². The molecule has 1 aliphatic heterocycles. The van der Waals surface area contributed by atoms with Gasteiger partial charge in [0.2, 0.25) is 0 Å². The van der Waals surface area contributed by atoms with Crippen molar-refractivity contribution in [2.45, 2.75) is 33.3 Å². The number of hydrogen-bond acceptors (Lipinski definition) is 7. The smallest absolute Gasteiger partial charge is 0.343 e. The molecule has 0 fully saturated rings. The standard InChI is InChI=1S/C21H22N4O5/c1-4-28-18-9-13-8-12(3)30-17(13)10-15(18)24-20(26)16-6-7-22-19-14(11-23-25(16)19)21(27)29-5-2/h6-7,9-12H,4-5,8H2,1-3H3,(H,24,26)/t12-/m0/s1. The monoisotopic (exact) mass is 410 g/mol. The highest BCUT2D eigenvalue weighted by atomic mass is 16.5. The molecule has 1 atom stereocenters. The number of carbonyl (C=O) groups is 2. The number of nitrogens with zero attached hydrogens (tertiary/aromatic N) is 3. The second kappa shape index (κ2) is 8.02. The summed E-state index contributed by atoms with van der Waals surface area (Å²) in [7, 11) is 0. The number of aromatic nitrogens is 3. The van der Waals surface area contributed by atoms with Crippen LogP contribution in [0.5, 0.6) is 11.5 Å². The van der Waals surface area contributed by atoms with E-state index in [0.29, 0.717) is 18.0 Å². The maximum atomic E-state index is 13.0. The van der Waals surface area contributed by atoms with E-state index < -0.39 is 11.9 Å². The molecule has 0 spiro atoms. The summed E-state index contributed by atoms with van der Waals surface area (Å²) >= 11 is 0. The minimum absolute atomic E-state index is 0.0747. The average molecular weight is 410 g/mol. The van der Waals surface area contributed by atoms with Crippen LogP contribution in [0, 0.1) is 0 Å². The van der Waals surface area contributed by atoms with Gasteiger partial charge in [-0.1, -0.05) is 0 Å². The van der Waals surface area contributed by atoms with E-state index in [1.807, 2.05) is 19.9 Å². The molecule has 1 amide bonds. The van der Waals surface area contributed by atoms with Crippen molar-refractivity contribution in [3.05, 3.63) is 47.4 Å². The molecule has 2 aromatic heterocycles. The average Bonchev–Trinajstić information content (AvgIpc) is 3.30. The van der Waals surface area contributed by atoms with Gasteiger partial charge < -0.3 is 19.5 Å². The summed E-state index contributed by atoms with van der Waals surface area (Å²) in [4.78, 5) is 29.3. The molecule has 0 aliphatic carbocycles. The molecule has 1 N–H and O–H groups in total. The van der Waals surface area contributed by atoms with Gasteiger partial charge in [0.25, 0.3) is 5.91 Å². The predicted octanol–water partition coefficient (Wildman–Crippen LogP) is 2.88. The van der Waals surface area contributed by atoms with E-state index in [1.54, 1.807) is 13.0 Å². The van der Waals surface area contributed by atoms with Gasteiger partial charge in [-0.3, -0.25) is 4.79 Å². The highest BCUT2D eigenvalue weighted by Gasteiger charge is 2.24. The Morgan fingerprint density at radius 1 is 1.30 bits per heavy atom. The van der Waals surface area contributed by atoms with E-state index in [9.17, 15) is 9.59 Å². The number of esters is 1. The van der Waals surface area contributed by atoms with Crippen molar-refractivity contribution in [1.82, 2.24) is 14.6 Å². The van der Waals surface area contributed by atoms with E-state index in [1.165, 1.54) is 23.0 Å². The van der Waals surface area contributed by atoms with Gasteiger partial charge in [0.1, 0.15) is 28.9 Å². The molecule has 9 nitrogen and oxygen atoms in total. The van der Waals surface area contributed by atoms with E-state index in [-0.39, 0.29) is 29.6 Å². The first kappa shape index (κ1) is 19.7. The number of hydrogen-bond donors (Lipinski definition) is 1. The zero-order chi connectivity index (χ0) is 21.3. The third-order valence-electron chi connectivity index (χ3n) is 4.68. The second-order valence-electron chi connectivity index (χ2n) is 6.82. The molecule has 0 unspecified atom stereocenters. The number of benzene rings is 1. The number of anilines is 1. The van der Waals surface area contributed by atoms with Crippen molar-refractivity contribution >= 4 is 23.2 Å². The summed E-state index contributed by atoms with van der Waals surface area (Å²) in [5.41, 5.74) is 2.20. The van der Waals surface area contributed by atoms with Gasteiger partial charge in [0, 0.05) is 24.2 Å². The Hall–Kier alpha value is -3.62. The number of fused-ring (bicyclic) bond motifs is 2. The van der Waals surface area contributed by atoms with Crippen LogP contribution < -0.4 is 14.8 Å². The van der Waals surface area contributed by atoms with Crippen LogP contribution in [0.4, 0.5) is 5.69 Å². The molecule has 30 heavy (non-hydrogen) atoms. The number of amides is 1. The third kappa shape index (κ3) is 3.54. The molecule has 1 aliphatic rings. The first-order valence-electron chi connectivity index (χ1n) is 9.79. The van der Waals surface area contributed by atoms with Crippen molar-refractivity contribution < 1.29 is 23.8 Å². The Kier molecular flexibility index (Phi) is 5.26. The Morgan fingerprint density at radius 3 is 2.90 bits per heavy atom. The summed E-state index contributed by atoms with van der Waals surface area (Å²) in [6, 6.07) is 5.19. The van der Waals surface area contributed by atoms with Crippen molar-refractivity contribution in [2.24, 2.45) is 0 Å². The Labute approximate surface area is 173 Å². The van der Waals surface area contributed by atoms with Gasteiger partial charge in [0.15, 0.2) is 5.65 Å². The van der Waals surface area contributed by atoms with E-state index >= 15 is 0 Å².